The summed E-state index contributed by atoms with van der Waals surface area (Å²) in [6, 6.07) is 0. The van der Waals surface area contributed by atoms with Crippen LogP contribution in [0.3, 0.4) is 0 Å². The van der Waals surface area contributed by atoms with Gasteiger partial charge < -0.3 is 0 Å². The van der Waals surface area contributed by atoms with E-state index < -0.39 is 5.92 Å². The fourth-order valence-corrected chi connectivity index (χ4v) is 2.76. The van der Waals surface area contributed by atoms with Crippen molar-refractivity contribution >= 4 is 27.5 Å². The summed E-state index contributed by atoms with van der Waals surface area (Å²) in [6.45, 7) is 0. The minimum Gasteiger partial charge on any atom is -0.214 e. The van der Waals surface area contributed by atoms with Gasteiger partial charge in [-0.25, -0.2) is 13.8 Å². The Hall–Kier alpha value is -0.100. The van der Waals surface area contributed by atoms with Gasteiger partial charge in [0.25, 0.3) is 0 Å². The lowest BCUT2D eigenvalue weighted by Crippen LogP contribution is -2.08. The Labute approximate surface area is 86.7 Å². The van der Waals surface area contributed by atoms with Crippen LogP contribution >= 0.6 is 27.5 Å². The summed E-state index contributed by atoms with van der Waals surface area (Å²) < 4.78 is 30.1. The van der Waals surface area contributed by atoms with Gasteiger partial charge in [-0.15, -0.1) is 0 Å². The van der Waals surface area contributed by atoms with E-state index in [2.05, 4.69) is 25.3 Å². The lowest BCUT2D eigenvalue weighted by atomic mass is 10.1. The number of hydrogen-bond acceptors (Lipinski definition) is 3. The van der Waals surface area contributed by atoms with Crippen LogP contribution in [0.4, 0.5) is 8.78 Å². The van der Waals surface area contributed by atoms with Crippen LogP contribution in [0.1, 0.15) is 30.2 Å². The summed E-state index contributed by atoms with van der Waals surface area (Å²) in [4.78, 5) is 4.05. The molecule has 1 heterocycles. The topological polar surface area (TPSA) is 25.8 Å². The zero-order valence-corrected chi connectivity index (χ0v) is 9.04. The van der Waals surface area contributed by atoms with E-state index in [4.69, 9.17) is 0 Å². The van der Waals surface area contributed by atoms with Crippen molar-refractivity contribution in [3.8, 4) is 0 Å². The molecule has 1 aromatic rings. The van der Waals surface area contributed by atoms with Gasteiger partial charge in [0.15, 0.2) is 0 Å². The van der Waals surface area contributed by atoms with Gasteiger partial charge in [0, 0.05) is 18.8 Å². The minimum atomic E-state index is -2.50. The van der Waals surface area contributed by atoms with Crippen molar-refractivity contribution in [3.05, 3.63) is 9.74 Å². The van der Waals surface area contributed by atoms with Crippen molar-refractivity contribution in [2.24, 2.45) is 0 Å². The molecule has 0 saturated heterocycles. The third kappa shape index (κ3) is 2.04. The fourth-order valence-electron chi connectivity index (χ4n) is 1.54. The third-order valence-corrected chi connectivity index (χ3v) is 3.64. The Balaban J connectivity index is 2.12. The minimum absolute atomic E-state index is 0.0190. The summed E-state index contributed by atoms with van der Waals surface area (Å²) >= 11 is 4.31. The molecule has 0 N–H and O–H groups in total. The van der Waals surface area contributed by atoms with E-state index in [1.807, 2.05) is 0 Å². The summed E-state index contributed by atoms with van der Waals surface area (Å²) in [7, 11) is 0. The van der Waals surface area contributed by atoms with Crippen LogP contribution in [0.2, 0.25) is 0 Å². The van der Waals surface area contributed by atoms with E-state index in [9.17, 15) is 8.78 Å². The van der Waals surface area contributed by atoms with E-state index >= 15 is 0 Å². The molecule has 1 aliphatic carbocycles. The molecule has 2 rings (SSSR count). The SMILES string of the molecule is FC1(F)CCC(c2nc(Br)ns2)C1. The number of rotatable bonds is 1. The highest BCUT2D eigenvalue weighted by molar-refractivity contribution is 9.10. The highest BCUT2D eigenvalue weighted by Gasteiger charge is 2.41. The predicted molar refractivity (Wildman–Crippen MR) is 49.1 cm³/mol. The molecular weight excluding hydrogens is 262 g/mol. The maximum absolute atomic E-state index is 12.8. The van der Waals surface area contributed by atoms with E-state index in [-0.39, 0.29) is 18.8 Å². The van der Waals surface area contributed by atoms with Crippen LogP contribution in [0, 0.1) is 0 Å². The summed E-state index contributed by atoms with van der Waals surface area (Å²) in [5.74, 6) is -2.60. The lowest BCUT2D eigenvalue weighted by Gasteiger charge is -2.06. The summed E-state index contributed by atoms with van der Waals surface area (Å²) in [5.41, 5.74) is 0. The monoisotopic (exact) mass is 268 g/mol. The molecule has 13 heavy (non-hydrogen) atoms. The molecule has 1 atom stereocenters. The molecule has 0 aliphatic heterocycles. The molecule has 1 aromatic heterocycles. The molecule has 0 bridgehead atoms. The first-order valence-electron chi connectivity index (χ1n) is 3.94. The van der Waals surface area contributed by atoms with Gasteiger partial charge in [0.05, 0.1) is 0 Å². The Morgan fingerprint density at radius 1 is 1.54 bits per heavy atom. The molecular formula is C7H7BrF2N2S. The van der Waals surface area contributed by atoms with Gasteiger partial charge >= 0.3 is 0 Å². The van der Waals surface area contributed by atoms with Crippen LogP contribution in [0.15, 0.2) is 4.73 Å². The van der Waals surface area contributed by atoms with E-state index in [0.29, 0.717) is 11.2 Å². The van der Waals surface area contributed by atoms with E-state index in [0.717, 1.165) is 5.01 Å². The molecule has 0 radical (unpaired) electrons. The second-order valence-corrected chi connectivity index (χ2v) is 4.69. The maximum Gasteiger partial charge on any atom is 0.248 e. The molecule has 2 nitrogen and oxygen atoms in total. The standard InChI is InChI=1S/C7H7BrF2N2S/c8-6-11-5(13-12-6)4-1-2-7(9,10)3-4/h4H,1-3H2. The van der Waals surface area contributed by atoms with Crippen molar-refractivity contribution < 1.29 is 8.78 Å². The van der Waals surface area contributed by atoms with Gasteiger partial charge in [-0.05, 0) is 33.9 Å². The van der Waals surface area contributed by atoms with Gasteiger partial charge in [-0.3, -0.25) is 0 Å². The zero-order valence-electron chi connectivity index (χ0n) is 6.64. The first-order valence-corrected chi connectivity index (χ1v) is 5.50. The van der Waals surface area contributed by atoms with Crippen LogP contribution in [-0.4, -0.2) is 15.3 Å². The quantitative estimate of drug-likeness (QED) is 0.782. The average molecular weight is 269 g/mol. The van der Waals surface area contributed by atoms with Crippen molar-refractivity contribution in [3.63, 3.8) is 0 Å². The molecule has 1 aliphatic rings. The summed E-state index contributed by atoms with van der Waals surface area (Å²) in [6.07, 6.45) is 0.429. The third-order valence-electron chi connectivity index (χ3n) is 2.17. The van der Waals surface area contributed by atoms with Gasteiger partial charge in [-0.2, -0.15) is 4.37 Å². The molecule has 1 unspecified atom stereocenters. The highest BCUT2D eigenvalue weighted by atomic mass is 79.9. The van der Waals surface area contributed by atoms with Crippen molar-refractivity contribution in [2.75, 3.05) is 0 Å². The second-order valence-electron chi connectivity index (χ2n) is 3.20. The predicted octanol–water partition coefficient (Wildman–Crippen LogP) is 3.20. The largest absolute Gasteiger partial charge is 0.248 e. The van der Waals surface area contributed by atoms with Crippen molar-refractivity contribution in [1.29, 1.82) is 0 Å². The Bertz CT molecular complexity index is 315. The highest BCUT2D eigenvalue weighted by Crippen LogP contribution is 2.44. The second kappa shape index (κ2) is 3.24. The molecule has 1 fully saturated rings. The Morgan fingerprint density at radius 2 is 2.31 bits per heavy atom. The Morgan fingerprint density at radius 3 is 2.77 bits per heavy atom. The number of halogens is 3. The maximum atomic E-state index is 12.8. The Kier molecular flexibility index (Phi) is 2.35. The molecule has 6 heteroatoms. The van der Waals surface area contributed by atoms with Gasteiger partial charge in [0.2, 0.25) is 10.7 Å². The number of hydrogen-bond donors (Lipinski definition) is 0. The van der Waals surface area contributed by atoms with Crippen LogP contribution < -0.4 is 0 Å². The molecule has 0 spiro atoms. The lowest BCUT2D eigenvalue weighted by molar-refractivity contribution is 0.00776. The first kappa shape index (κ1) is 9.45. The number of nitrogens with zero attached hydrogens (tertiary/aromatic N) is 2. The van der Waals surface area contributed by atoms with Crippen LogP contribution in [0.25, 0.3) is 0 Å². The molecule has 1 saturated carbocycles. The van der Waals surface area contributed by atoms with Gasteiger partial charge in [0.1, 0.15) is 5.01 Å². The normalized spacial score (nSPS) is 26.5. The molecule has 0 amide bonds. The van der Waals surface area contributed by atoms with Crippen LogP contribution in [-0.2, 0) is 0 Å². The van der Waals surface area contributed by atoms with E-state index in [1.165, 1.54) is 11.5 Å². The first-order chi connectivity index (χ1) is 6.07. The molecule has 72 valence electrons. The summed E-state index contributed by atoms with van der Waals surface area (Å²) in [5, 5.41) is 0.726. The zero-order chi connectivity index (χ0) is 9.47. The average Bonchev–Trinajstić information content (AvgIpc) is 2.56. The fraction of sp³-hybridized carbons (Fsp3) is 0.714. The van der Waals surface area contributed by atoms with Crippen molar-refractivity contribution in [1.82, 2.24) is 9.36 Å². The van der Waals surface area contributed by atoms with E-state index in [1.54, 1.807) is 0 Å². The van der Waals surface area contributed by atoms with Gasteiger partial charge in [-0.1, -0.05) is 0 Å². The molecule has 0 aromatic carbocycles. The van der Waals surface area contributed by atoms with Crippen molar-refractivity contribution in [2.45, 2.75) is 31.1 Å². The number of alkyl halides is 2. The smallest absolute Gasteiger partial charge is 0.214 e. The van der Waals surface area contributed by atoms with Crippen LogP contribution in [0.5, 0.6) is 0 Å². The number of aromatic nitrogens is 2.